The van der Waals surface area contributed by atoms with Crippen molar-refractivity contribution in [3.8, 4) is 0 Å². The summed E-state index contributed by atoms with van der Waals surface area (Å²) in [6.45, 7) is 2.93. The molecule has 1 aliphatic heterocycles. The Morgan fingerprint density at radius 3 is 2.43 bits per heavy atom. The maximum absolute atomic E-state index is 14.0. The Hall–Kier alpha value is -3.11. The summed E-state index contributed by atoms with van der Waals surface area (Å²) in [6, 6.07) is 11.7. The minimum atomic E-state index is -3.94. The molecule has 1 aliphatic rings. The number of pyridine rings is 1. The molecule has 10 heteroatoms. The Kier molecular flexibility index (Phi) is 5.12. The number of rotatable bonds is 4. The normalized spacial score (nSPS) is 15.5. The van der Waals surface area contributed by atoms with Crippen LogP contribution in [0.2, 0.25) is 0 Å². The maximum atomic E-state index is 14.0. The zero-order valence-corrected chi connectivity index (χ0v) is 17.0. The van der Waals surface area contributed by atoms with E-state index >= 15 is 0 Å². The SMILES string of the molecule is Cc1cc(N2CCN(S(=O)(=O)c3ccccc3F)CC2)c2cc([N+](=O)[O-])ccc2n1. The van der Waals surface area contributed by atoms with E-state index in [1.807, 2.05) is 17.9 Å². The van der Waals surface area contributed by atoms with Crippen LogP contribution in [0.25, 0.3) is 10.9 Å². The van der Waals surface area contributed by atoms with Gasteiger partial charge in [-0.3, -0.25) is 15.1 Å². The van der Waals surface area contributed by atoms with Crippen molar-refractivity contribution in [1.29, 1.82) is 0 Å². The third kappa shape index (κ3) is 3.59. The molecule has 8 nitrogen and oxygen atoms in total. The first-order chi connectivity index (χ1) is 14.3. The number of aromatic nitrogens is 1. The lowest BCUT2D eigenvalue weighted by atomic mass is 10.1. The standard InChI is InChI=1S/C20H19FN4O4S/c1-14-12-19(16-13-15(25(26)27)6-7-18(16)22-14)23-8-10-24(11-9-23)30(28,29)20-5-3-2-4-17(20)21/h2-7,12-13H,8-11H2,1H3. The molecule has 0 aliphatic carbocycles. The fraction of sp³-hybridized carbons (Fsp3) is 0.250. The summed E-state index contributed by atoms with van der Waals surface area (Å²) in [5.41, 5.74) is 2.13. The van der Waals surface area contributed by atoms with E-state index in [0.29, 0.717) is 24.0 Å². The van der Waals surface area contributed by atoms with Crippen molar-refractivity contribution in [3.05, 3.63) is 70.2 Å². The molecule has 156 valence electrons. The van der Waals surface area contributed by atoms with E-state index in [-0.39, 0.29) is 23.7 Å². The number of nitrogens with zero attached hydrogens (tertiary/aromatic N) is 4. The van der Waals surface area contributed by atoms with Gasteiger partial charge in [0, 0.05) is 55.1 Å². The molecule has 0 radical (unpaired) electrons. The molecule has 3 aromatic rings. The molecule has 0 atom stereocenters. The lowest BCUT2D eigenvalue weighted by Gasteiger charge is -2.36. The van der Waals surface area contributed by atoms with Gasteiger partial charge in [0.05, 0.1) is 10.4 Å². The third-order valence-corrected chi connectivity index (χ3v) is 7.08. The Morgan fingerprint density at radius 2 is 1.77 bits per heavy atom. The lowest BCUT2D eigenvalue weighted by molar-refractivity contribution is -0.384. The molecule has 2 heterocycles. The van der Waals surface area contributed by atoms with Crippen LogP contribution in [-0.4, -0.2) is 48.8 Å². The molecule has 4 rings (SSSR count). The van der Waals surface area contributed by atoms with Crippen LogP contribution in [-0.2, 0) is 10.0 Å². The monoisotopic (exact) mass is 430 g/mol. The number of piperazine rings is 1. The zero-order chi connectivity index (χ0) is 21.5. The minimum absolute atomic E-state index is 0.0323. The van der Waals surface area contributed by atoms with Gasteiger partial charge in [-0.15, -0.1) is 0 Å². The number of nitro groups is 1. The minimum Gasteiger partial charge on any atom is -0.368 e. The molecule has 0 N–H and O–H groups in total. The van der Waals surface area contributed by atoms with Gasteiger partial charge in [-0.2, -0.15) is 4.31 Å². The van der Waals surface area contributed by atoms with Gasteiger partial charge >= 0.3 is 0 Å². The Labute approximate surface area is 172 Å². The second-order valence-corrected chi connectivity index (χ2v) is 8.97. The van der Waals surface area contributed by atoms with Gasteiger partial charge in [0.2, 0.25) is 10.0 Å². The van der Waals surface area contributed by atoms with E-state index < -0.39 is 20.8 Å². The molecule has 0 unspecified atom stereocenters. The average Bonchev–Trinajstić information content (AvgIpc) is 2.73. The Morgan fingerprint density at radius 1 is 1.07 bits per heavy atom. The van der Waals surface area contributed by atoms with Crippen LogP contribution < -0.4 is 4.90 Å². The summed E-state index contributed by atoms with van der Waals surface area (Å²) in [5.74, 6) is -0.775. The van der Waals surface area contributed by atoms with Gasteiger partial charge in [0.15, 0.2) is 0 Å². The highest BCUT2D eigenvalue weighted by atomic mass is 32.2. The van der Waals surface area contributed by atoms with Crippen LogP contribution in [0.1, 0.15) is 5.69 Å². The molecule has 0 amide bonds. The fourth-order valence-corrected chi connectivity index (χ4v) is 5.15. The number of sulfonamides is 1. The van der Waals surface area contributed by atoms with Gasteiger partial charge in [0.1, 0.15) is 10.7 Å². The number of hydrogen-bond acceptors (Lipinski definition) is 6. The molecule has 2 aromatic carbocycles. The summed E-state index contributed by atoms with van der Waals surface area (Å²) in [4.78, 5) is 16.8. The number of fused-ring (bicyclic) bond motifs is 1. The van der Waals surface area contributed by atoms with Gasteiger partial charge in [0.25, 0.3) is 5.69 Å². The third-order valence-electron chi connectivity index (χ3n) is 5.14. The van der Waals surface area contributed by atoms with Crippen molar-refractivity contribution in [1.82, 2.24) is 9.29 Å². The van der Waals surface area contributed by atoms with Gasteiger partial charge < -0.3 is 4.90 Å². The number of halogens is 1. The fourth-order valence-electron chi connectivity index (χ4n) is 3.66. The summed E-state index contributed by atoms with van der Waals surface area (Å²) < 4.78 is 40.9. The van der Waals surface area contributed by atoms with Crippen LogP contribution >= 0.6 is 0 Å². The lowest BCUT2D eigenvalue weighted by Crippen LogP contribution is -2.48. The summed E-state index contributed by atoms with van der Waals surface area (Å²) in [7, 11) is -3.94. The van der Waals surface area contributed by atoms with Crippen molar-refractivity contribution in [3.63, 3.8) is 0 Å². The van der Waals surface area contributed by atoms with Gasteiger partial charge in [-0.05, 0) is 31.2 Å². The predicted octanol–water partition coefficient (Wildman–Crippen LogP) is 3.10. The number of benzene rings is 2. The van der Waals surface area contributed by atoms with Crippen molar-refractivity contribution in [2.45, 2.75) is 11.8 Å². The van der Waals surface area contributed by atoms with E-state index in [9.17, 15) is 22.9 Å². The Bertz CT molecular complexity index is 1240. The van der Waals surface area contributed by atoms with E-state index in [0.717, 1.165) is 17.4 Å². The number of hydrogen-bond donors (Lipinski definition) is 0. The van der Waals surface area contributed by atoms with Crippen LogP contribution in [0.4, 0.5) is 15.8 Å². The molecular weight excluding hydrogens is 411 g/mol. The van der Waals surface area contributed by atoms with Crippen molar-refractivity contribution >= 4 is 32.3 Å². The van der Waals surface area contributed by atoms with Crippen LogP contribution in [0, 0.1) is 22.9 Å². The molecule has 30 heavy (non-hydrogen) atoms. The van der Waals surface area contributed by atoms with Crippen LogP contribution in [0.15, 0.2) is 53.4 Å². The van der Waals surface area contributed by atoms with E-state index in [4.69, 9.17) is 0 Å². The summed E-state index contributed by atoms with van der Waals surface area (Å²) in [6.07, 6.45) is 0. The summed E-state index contributed by atoms with van der Waals surface area (Å²) >= 11 is 0. The average molecular weight is 430 g/mol. The number of aryl methyl sites for hydroxylation is 1. The van der Waals surface area contributed by atoms with Crippen LogP contribution in [0.3, 0.4) is 0 Å². The predicted molar refractivity (Wildman–Crippen MR) is 111 cm³/mol. The summed E-state index contributed by atoms with van der Waals surface area (Å²) in [5, 5.41) is 11.8. The molecule has 1 fully saturated rings. The van der Waals surface area contributed by atoms with E-state index in [1.54, 1.807) is 6.07 Å². The van der Waals surface area contributed by atoms with Crippen molar-refractivity contribution < 1.29 is 17.7 Å². The topological polar surface area (TPSA) is 96.7 Å². The molecule has 0 saturated carbocycles. The smallest absolute Gasteiger partial charge is 0.270 e. The van der Waals surface area contributed by atoms with Gasteiger partial charge in [-0.1, -0.05) is 12.1 Å². The maximum Gasteiger partial charge on any atom is 0.270 e. The molecule has 1 aromatic heterocycles. The quantitative estimate of drug-likeness (QED) is 0.466. The molecule has 1 saturated heterocycles. The first kappa shape index (κ1) is 20.2. The highest BCUT2D eigenvalue weighted by Gasteiger charge is 2.31. The van der Waals surface area contributed by atoms with Crippen molar-refractivity contribution in [2.24, 2.45) is 0 Å². The largest absolute Gasteiger partial charge is 0.368 e. The van der Waals surface area contributed by atoms with E-state index in [1.165, 1.54) is 34.6 Å². The number of anilines is 1. The first-order valence-electron chi connectivity index (χ1n) is 9.33. The highest BCUT2D eigenvalue weighted by molar-refractivity contribution is 7.89. The van der Waals surface area contributed by atoms with Crippen molar-refractivity contribution in [2.75, 3.05) is 31.1 Å². The molecule has 0 bridgehead atoms. The second-order valence-electron chi connectivity index (χ2n) is 7.06. The number of non-ortho nitro benzene ring substituents is 1. The van der Waals surface area contributed by atoms with E-state index in [2.05, 4.69) is 4.98 Å². The molecule has 0 spiro atoms. The molecular formula is C20H19FN4O4S. The van der Waals surface area contributed by atoms with Crippen LogP contribution in [0.5, 0.6) is 0 Å². The first-order valence-corrected chi connectivity index (χ1v) is 10.8. The highest BCUT2D eigenvalue weighted by Crippen LogP contribution is 2.31. The number of nitro benzene ring substituents is 1. The Balaban J connectivity index is 1.63. The second kappa shape index (κ2) is 7.62. The van der Waals surface area contributed by atoms with Gasteiger partial charge in [-0.25, -0.2) is 12.8 Å². The zero-order valence-electron chi connectivity index (χ0n) is 16.2.